The van der Waals surface area contributed by atoms with Gasteiger partial charge in [-0.05, 0) is 62.1 Å². The number of amides is 1. The highest BCUT2D eigenvalue weighted by Gasteiger charge is 2.33. The minimum absolute atomic E-state index is 0.0974. The van der Waals surface area contributed by atoms with E-state index in [-0.39, 0.29) is 18.7 Å². The summed E-state index contributed by atoms with van der Waals surface area (Å²) >= 11 is 0. The van der Waals surface area contributed by atoms with E-state index in [0.717, 1.165) is 80.2 Å². The topological polar surface area (TPSA) is 69.7 Å². The molecule has 0 radical (unpaired) electrons. The third kappa shape index (κ3) is 4.59. The van der Waals surface area contributed by atoms with E-state index in [9.17, 15) is 4.79 Å². The number of carbonyl (C=O) groups excluding carboxylic acids is 1. The standard InChI is InChI=1S/C26H32N2O6/c1-30-23-13-18-8-11-28(26(29)21(18)15-24(23)31-2)19-5-3-9-27(16-19)10-4-12-32-20-6-7-22-25(14-20)34-17-33-22/h6-7,13-15,19H,3-5,8-12,16-17H2,1-2H3/t19-/m0/s1. The first-order valence-electron chi connectivity index (χ1n) is 12.0. The Morgan fingerprint density at radius 2 is 1.85 bits per heavy atom. The maximum absolute atomic E-state index is 13.4. The lowest BCUT2D eigenvalue weighted by atomic mass is 9.94. The van der Waals surface area contributed by atoms with Crippen LogP contribution in [0.1, 0.15) is 35.2 Å². The Morgan fingerprint density at radius 3 is 2.71 bits per heavy atom. The van der Waals surface area contributed by atoms with Crippen molar-refractivity contribution in [3.8, 4) is 28.7 Å². The van der Waals surface area contributed by atoms with Crippen LogP contribution in [0.3, 0.4) is 0 Å². The van der Waals surface area contributed by atoms with E-state index in [2.05, 4.69) is 9.80 Å². The first-order valence-corrected chi connectivity index (χ1v) is 12.0. The fourth-order valence-electron chi connectivity index (χ4n) is 5.11. The van der Waals surface area contributed by atoms with Gasteiger partial charge in [0.05, 0.1) is 20.8 Å². The number of nitrogens with zero attached hydrogens (tertiary/aromatic N) is 2. The molecule has 3 heterocycles. The van der Waals surface area contributed by atoms with Crippen LogP contribution in [0.25, 0.3) is 0 Å². The van der Waals surface area contributed by atoms with E-state index in [1.165, 1.54) is 0 Å². The number of rotatable bonds is 8. The molecule has 1 amide bonds. The molecule has 3 aliphatic rings. The van der Waals surface area contributed by atoms with E-state index in [0.29, 0.717) is 18.1 Å². The van der Waals surface area contributed by atoms with Crippen LogP contribution in [0.15, 0.2) is 30.3 Å². The lowest BCUT2D eigenvalue weighted by molar-refractivity contribution is 0.0517. The maximum Gasteiger partial charge on any atom is 0.254 e. The molecule has 3 aliphatic heterocycles. The predicted octanol–water partition coefficient (Wildman–Crippen LogP) is 3.36. The molecule has 2 aromatic carbocycles. The van der Waals surface area contributed by atoms with Gasteiger partial charge in [0, 0.05) is 37.3 Å². The summed E-state index contributed by atoms with van der Waals surface area (Å²) in [5.41, 5.74) is 1.77. The molecular weight excluding hydrogens is 436 g/mol. The van der Waals surface area contributed by atoms with Crippen LogP contribution >= 0.6 is 0 Å². The molecule has 8 nitrogen and oxygen atoms in total. The van der Waals surface area contributed by atoms with Gasteiger partial charge in [-0.3, -0.25) is 4.79 Å². The SMILES string of the molecule is COc1cc2c(cc1OC)C(=O)N([C@H]1CCCN(CCCOc3ccc4c(c3)OCO4)C1)CC2. The van der Waals surface area contributed by atoms with Gasteiger partial charge in [0.2, 0.25) is 6.79 Å². The number of piperidine rings is 1. The molecule has 1 atom stereocenters. The minimum atomic E-state index is 0.0974. The molecule has 182 valence electrons. The number of ether oxygens (including phenoxy) is 5. The molecule has 34 heavy (non-hydrogen) atoms. The van der Waals surface area contributed by atoms with Crippen LogP contribution in [0.2, 0.25) is 0 Å². The molecule has 0 bridgehead atoms. The number of fused-ring (bicyclic) bond motifs is 2. The van der Waals surface area contributed by atoms with Crippen molar-refractivity contribution < 1.29 is 28.5 Å². The fraction of sp³-hybridized carbons (Fsp3) is 0.500. The van der Waals surface area contributed by atoms with Gasteiger partial charge in [0.15, 0.2) is 23.0 Å². The molecule has 2 aromatic rings. The third-order valence-electron chi connectivity index (χ3n) is 6.88. The van der Waals surface area contributed by atoms with Gasteiger partial charge < -0.3 is 33.5 Å². The third-order valence-corrected chi connectivity index (χ3v) is 6.88. The maximum atomic E-state index is 13.4. The zero-order chi connectivity index (χ0) is 23.5. The van der Waals surface area contributed by atoms with Crippen LogP contribution in [0, 0.1) is 0 Å². The van der Waals surface area contributed by atoms with Crippen LogP contribution in [-0.4, -0.2) is 75.5 Å². The van der Waals surface area contributed by atoms with Crippen molar-refractivity contribution in [2.45, 2.75) is 31.7 Å². The first kappa shape index (κ1) is 22.7. The van der Waals surface area contributed by atoms with Gasteiger partial charge in [-0.15, -0.1) is 0 Å². The van der Waals surface area contributed by atoms with Crippen molar-refractivity contribution >= 4 is 5.91 Å². The molecule has 0 N–H and O–H groups in total. The van der Waals surface area contributed by atoms with E-state index >= 15 is 0 Å². The number of carbonyl (C=O) groups is 1. The van der Waals surface area contributed by atoms with Crippen molar-refractivity contribution in [2.75, 3.05) is 53.8 Å². The van der Waals surface area contributed by atoms with Gasteiger partial charge in [0.1, 0.15) is 5.75 Å². The Balaban J connectivity index is 1.14. The second kappa shape index (κ2) is 10.0. The normalized spacial score (nSPS) is 19.6. The van der Waals surface area contributed by atoms with Gasteiger partial charge in [-0.25, -0.2) is 0 Å². The average Bonchev–Trinajstić information content (AvgIpc) is 3.34. The highest BCUT2D eigenvalue weighted by atomic mass is 16.7. The second-order valence-electron chi connectivity index (χ2n) is 8.93. The second-order valence-corrected chi connectivity index (χ2v) is 8.93. The van der Waals surface area contributed by atoms with E-state index in [1.807, 2.05) is 30.3 Å². The molecule has 0 aliphatic carbocycles. The molecule has 1 fully saturated rings. The Kier molecular flexibility index (Phi) is 6.67. The van der Waals surface area contributed by atoms with Gasteiger partial charge >= 0.3 is 0 Å². The lowest BCUT2D eigenvalue weighted by Gasteiger charge is -2.41. The lowest BCUT2D eigenvalue weighted by Crippen LogP contribution is -2.52. The Morgan fingerprint density at radius 1 is 1.03 bits per heavy atom. The van der Waals surface area contributed by atoms with E-state index in [1.54, 1.807) is 14.2 Å². The molecule has 0 unspecified atom stereocenters. The summed E-state index contributed by atoms with van der Waals surface area (Å²) in [6.45, 7) is 4.56. The Bertz CT molecular complexity index is 1040. The van der Waals surface area contributed by atoms with Crippen LogP contribution in [-0.2, 0) is 6.42 Å². The number of likely N-dealkylation sites (tertiary alicyclic amines) is 1. The molecule has 1 saturated heterocycles. The molecular formula is C26H32N2O6. The Labute approximate surface area is 200 Å². The van der Waals surface area contributed by atoms with Crippen molar-refractivity contribution in [1.82, 2.24) is 9.80 Å². The highest BCUT2D eigenvalue weighted by molar-refractivity contribution is 5.97. The summed E-state index contributed by atoms with van der Waals surface area (Å²) in [6.07, 6.45) is 3.89. The predicted molar refractivity (Wildman–Crippen MR) is 126 cm³/mol. The summed E-state index contributed by atoms with van der Waals surface area (Å²) in [5.74, 6) is 3.67. The summed E-state index contributed by atoms with van der Waals surface area (Å²) in [7, 11) is 3.22. The van der Waals surface area contributed by atoms with E-state index in [4.69, 9.17) is 23.7 Å². The summed E-state index contributed by atoms with van der Waals surface area (Å²) in [5, 5.41) is 0. The molecule has 0 saturated carbocycles. The molecule has 5 rings (SSSR count). The fourth-order valence-corrected chi connectivity index (χ4v) is 5.11. The minimum Gasteiger partial charge on any atom is -0.493 e. The van der Waals surface area contributed by atoms with Crippen LogP contribution in [0.5, 0.6) is 28.7 Å². The van der Waals surface area contributed by atoms with Gasteiger partial charge in [0.25, 0.3) is 5.91 Å². The van der Waals surface area contributed by atoms with Crippen molar-refractivity contribution in [3.05, 3.63) is 41.5 Å². The average molecular weight is 469 g/mol. The van der Waals surface area contributed by atoms with Crippen LogP contribution < -0.4 is 23.7 Å². The first-order chi connectivity index (χ1) is 16.7. The van der Waals surface area contributed by atoms with Crippen LogP contribution in [0.4, 0.5) is 0 Å². The molecule has 0 spiro atoms. The molecule has 8 heteroatoms. The summed E-state index contributed by atoms with van der Waals surface area (Å²) < 4.78 is 27.5. The largest absolute Gasteiger partial charge is 0.493 e. The van der Waals surface area contributed by atoms with Gasteiger partial charge in [-0.1, -0.05) is 0 Å². The zero-order valence-electron chi connectivity index (χ0n) is 19.9. The van der Waals surface area contributed by atoms with Gasteiger partial charge in [-0.2, -0.15) is 0 Å². The van der Waals surface area contributed by atoms with Crippen molar-refractivity contribution in [2.24, 2.45) is 0 Å². The monoisotopic (exact) mass is 468 g/mol. The smallest absolute Gasteiger partial charge is 0.254 e. The van der Waals surface area contributed by atoms with E-state index < -0.39 is 0 Å². The number of benzene rings is 2. The molecule has 0 aromatic heterocycles. The zero-order valence-corrected chi connectivity index (χ0v) is 19.9. The van der Waals surface area contributed by atoms with Crippen molar-refractivity contribution in [3.63, 3.8) is 0 Å². The number of methoxy groups -OCH3 is 2. The van der Waals surface area contributed by atoms with Crippen molar-refractivity contribution in [1.29, 1.82) is 0 Å². The summed E-state index contributed by atoms with van der Waals surface area (Å²) in [6, 6.07) is 9.68. The number of hydrogen-bond acceptors (Lipinski definition) is 7. The Hall–Kier alpha value is -3.13. The quantitative estimate of drug-likeness (QED) is 0.550. The number of hydrogen-bond donors (Lipinski definition) is 0. The summed E-state index contributed by atoms with van der Waals surface area (Å²) in [4.78, 5) is 17.9. The highest BCUT2D eigenvalue weighted by Crippen LogP contribution is 2.36.